The van der Waals surface area contributed by atoms with Crippen LogP contribution in [0.4, 0.5) is 5.69 Å². The van der Waals surface area contributed by atoms with E-state index in [0.717, 1.165) is 6.42 Å². The Kier molecular flexibility index (Phi) is 6.56. The topological polar surface area (TPSA) is 92.3 Å². The lowest BCUT2D eigenvalue weighted by Crippen LogP contribution is -2.23. The fourth-order valence-electron chi connectivity index (χ4n) is 2.40. The van der Waals surface area contributed by atoms with Gasteiger partial charge in [-0.25, -0.2) is 4.79 Å². The van der Waals surface area contributed by atoms with Crippen LogP contribution in [0.25, 0.3) is 0 Å². The summed E-state index contributed by atoms with van der Waals surface area (Å²) < 4.78 is 26.4. The zero-order valence-corrected chi connectivity index (χ0v) is 15.4. The molecular weight excluding hydrogens is 366 g/mol. The molecule has 148 valence electrons. The molecule has 0 saturated carbocycles. The predicted molar refractivity (Wildman–Crippen MR) is 99.9 cm³/mol. The number of para-hydroxylation sites is 2. The molecule has 8 nitrogen and oxygen atoms in total. The van der Waals surface area contributed by atoms with Crippen molar-refractivity contribution in [2.45, 2.75) is 13.3 Å². The van der Waals surface area contributed by atoms with Gasteiger partial charge in [0.1, 0.15) is 0 Å². The van der Waals surface area contributed by atoms with Crippen molar-refractivity contribution in [1.29, 1.82) is 0 Å². The molecule has 0 spiro atoms. The Hall–Kier alpha value is -3.42. The second-order valence-corrected chi connectivity index (χ2v) is 5.86. The lowest BCUT2D eigenvalue weighted by molar-refractivity contribution is -0.149. The molecule has 1 aliphatic heterocycles. The van der Waals surface area contributed by atoms with Crippen molar-refractivity contribution in [2.24, 2.45) is 0 Å². The Morgan fingerprint density at radius 3 is 2.54 bits per heavy atom. The first-order chi connectivity index (χ1) is 13.7. The van der Waals surface area contributed by atoms with Crippen LogP contribution in [-0.4, -0.2) is 38.5 Å². The first kappa shape index (κ1) is 19.3. The van der Waals surface area contributed by atoms with Gasteiger partial charge in [0.25, 0.3) is 5.91 Å². The van der Waals surface area contributed by atoms with E-state index in [1.165, 1.54) is 0 Å². The maximum Gasteiger partial charge on any atom is 0.344 e. The fraction of sp³-hybridized carbons (Fsp3) is 0.300. The number of carbonyl (C=O) groups excluding carboxylic acids is 2. The number of anilines is 1. The van der Waals surface area contributed by atoms with Crippen LogP contribution < -0.4 is 24.3 Å². The summed E-state index contributed by atoms with van der Waals surface area (Å²) in [4.78, 5) is 23.8. The van der Waals surface area contributed by atoms with Gasteiger partial charge in [-0.15, -0.1) is 0 Å². The first-order valence-electron chi connectivity index (χ1n) is 8.85. The maximum atomic E-state index is 11.9. The molecule has 8 heteroatoms. The van der Waals surface area contributed by atoms with Gasteiger partial charge < -0.3 is 29.0 Å². The smallest absolute Gasteiger partial charge is 0.344 e. The first-order valence-corrected chi connectivity index (χ1v) is 8.85. The van der Waals surface area contributed by atoms with Crippen LogP contribution in [0.15, 0.2) is 42.5 Å². The van der Waals surface area contributed by atoms with Gasteiger partial charge in [0, 0.05) is 11.8 Å². The summed E-state index contributed by atoms with van der Waals surface area (Å²) in [7, 11) is 0. The number of hydrogen-bond acceptors (Lipinski definition) is 7. The highest BCUT2D eigenvalue weighted by molar-refractivity contribution is 5.93. The zero-order valence-electron chi connectivity index (χ0n) is 15.4. The van der Waals surface area contributed by atoms with Gasteiger partial charge in [-0.3, -0.25) is 4.79 Å². The number of nitrogens with one attached hydrogen (secondary N) is 1. The van der Waals surface area contributed by atoms with Gasteiger partial charge in [-0.2, -0.15) is 0 Å². The van der Waals surface area contributed by atoms with E-state index in [1.807, 2.05) is 13.0 Å². The second kappa shape index (κ2) is 9.50. The molecular formula is C20H21NO7. The summed E-state index contributed by atoms with van der Waals surface area (Å²) in [5.74, 6) is 1.03. The molecule has 2 aromatic carbocycles. The fourth-order valence-corrected chi connectivity index (χ4v) is 2.40. The number of esters is 1. The van der Waals surface area contributed by atoms with Crippen LogP contribution in [-0.2, 0) is 14.3 Å². The third-order valence-electron chi connectivity index (χ3n) is 3.68. The molecule has 0 radical (unpaired) electrons. The summed E-state index contributed by atoms with van der Waals surface area (Å²) in [6.07, 6.45) is 0.856. The number of hydrogen-bond donors (Lipinski definition) is 1. The normalized spacial score (nSPS) is 11.6. The zero-order chi connectivity index (χ0) is 19.8. The van der Waals surface area contributed by atoms with Crippen molar-refractivity contribution in [2.75, 3.05) is 31.9 Å². The van der Waals surface area contributed by atoms with E-state index < -0.39 is 18.5 Å². The highest BCUT2D eigenvalue weighted by atomic mass is 16.7. The summed E-state index contributed by atoms with van der Waals surface area (Å²) in [5, 5.41) is 2.62. The van der Waals surface area contributed by atoms with Gasteiger partial charge in [-0.1, -0.05) is 19.1 Å². The molecule has 1 aliphatic rings. The van der Waals surface area contributed by atoms with Gasteiger partial charge in [0.05, 0.1) is 6.61 Å². The van der Waals surface area contributed by atoms with Crippen molar-refractivity contribution >= 4 is 17.6 Å². The van der Waals surface area contributed by atoms with Crippen molar-refractivity contribution in [3.05, 3.63) is 42.5 Å². The van der Waals surface area contributed by atoms with E-state index in [-0.39, 0.29) is 13.4 Å². The van der Waals surface area contributed by atoms with Crippen LogP contribution in [0.3, 0.4) is 0 Å². The van der Waals surface area contributed by atoms with Crippen molar-refractivity contribution in [3.8, 4) is 23.0 Å². The number of amides is 1. The molecule has 1 amide bonds. The quantitative estimate of drug-likeness (QED) is 0.662. The molecule has 0 unspecified atom stereocenters. The predicted octanol–water partition coefficient (Wildman–Crippen LogP) is 2.76. The Labute approximate surface area is 162 Å². The van der Waals surface area contributed by atoms with Crippen molar-refractivity contribution in [1.82, 2.24) is 0 Å². The molecule has 28 heavy (non-hydrogen) atoms. The number of ether oxygens (including phenoxy) is 5. The number of benzene rings is 2. The van der Waals surface area contributed by atoms with Crippen LogP contribution in [0.1, 0.15) is 13.3 Å². The average Bonchev–Trinajstić information content (AvgIpc) is 3.17. The Balaban J connectivity index is 1.42. The van der Waals surface area contributed by atoms with E-state index in [2.05, 4.69) is 5.32 Å². The summed E-state index contributed by atoms with van der Waals surface area (Å²) >= 11 is 0. The Morgan fingerprint density at radius 1 is 1.00 bits per heavy atom. The van der Waals surface area contributed by atoms with E-state index in [1.54, 1.807) is 36.4 Å². The molecule has 0 bridgehead atoms. The third-order valence-corrected chi connectivity index (χ3v) is 3.68. The van der Waals surface area contributed by atoms with E-state index in [4.69, 9.17) is 23.7 Å². The Morgan fingerprint density at radius 2 is 1.75 bits per heavy atom. The Bertz CT molecular complexity index is 837. The van der Waals surface area contributed by atoms with Gasteiger partial charge in [0.15, 0.2) is 36.2 Å². The standard InChI is InChI=1S/C20H21NO7/c1-2-9-24-15-5-3-4-6-16(15)25-12-20(23)26-11-19(22)21-14-7-8-17-18(10-14)28-13-27-17/h3-8,10H,2,9,11-13H2,1H3,(H,21,22). The number of carbonyl (C=O) groups is 2. The lowest BCUT2D eigenvalue weighted by atomic mass is 10.3. The minimum Gasteiger partial charge on any atom is -0.490 e. The molecule has 0 aliphatic carbocycles. The molecule has 1 N–H and O–H groups in total. The SMILES string of the molecule is CCCOc1ccccc1OCC(=O)OCC(=O)Nc1ccc2c(c1)OCO2. The average molecular weight is 387 g/mol. The lowest BCUT2D eigenvalue weighted by Gasteiger charge is -2.12. The van der Waals surface area contributed by atoms with Crippen LogP contribution in [0.5, 0.6) is 23.0 Å². The molecule has 3 rings (SSSR count). The highest BCUT2D eigenvalue weighted by Crippen LogP contribution is 2.34. The monoisotopic (exact) mass is 387 g/mol. The van der Waals surface area contributed by atoms with Gasteiger partial charge >= 0.3 is 5.97 Å². The van der Waals surface area contributed by atoms with Crippen LogP contribution in [0, 0.1) is 0 Å². The molecule has 2 aromatic rings. The maximum absolute atomic E-state index is 11.9. The molecule has 0 atom stereocenters. The molecule has 0 fully saturated rings. The van der Waals surface area contributed by atoms with Crippen LogP contribution >= 0.6 is 0 Å². The van der Waals surface area contributed by atoms with Gasteiger partial charge in [-0.05, 0) is 30.7 Å². The number of rotatable bonds is 9. The second-order valence-electron chi connectivity index (χ2n) is 5.86. The van der Waals surface area contributed by atoms with E-state index in [9.17, 15) is 9.59 Å². The largest absolute Gasteiger partial charge is 0.490 e. The summed E-state index contributed by atoms with van der Waals surface area (Å²) in [5.41, 5.74) is 0.517. The minimum atomic E-state index is -0.661. The third kappa shape index (κ3) is 5.29. The van der Waals surface area contributed by atoms with Crippen LogP contribution in [0.2, 0.25) is 0 Å². The van der Waals surface area contributed by atoms with Crippen molar-refractivity contribution < 1.29 is 33.3 Å². The van der Waals surface area contributed by atoms with Gasteiger partial charge in [0.2, 0.25) is 6.79 Å². The summed E-state index contributed by atoms with van der Waals surface area (Å²) in [6, 6.07) is 12.0. The minimum absolute atomic E-state index is 0.150. The highest BCUT2D eigenvalue weighted by Gasteiger charge is 2.15. The summed E-state index contributed by atoms with van der Waals surface area (Å²) in [6.45, 7) is 1.94. The van der Waals surface area contributed by atoms with Crippen molar-refractivity contribution in [3.63, 3.8) is 0 Å². The molecule has 0 saturated heterocycles. The van der Waals surface area contributed by atoms with E-state index in [0.29, 0.717) is 35.3 Å². The molecule has 0 aromatic heterocycles. The molecule has 1 heterocycles. The number of fused-ring (bicyclic) bond motifs is 1. The van der Waals surface area contributed by atoms with E-state index >= 15 is 0 Å².